The van der Waals surface area contributed by atoms with E-state index in [1.54, 1.807) is 31.3 Å². The highest BCUT2D eigenvalue weighted by atomic mass is 19.3. The molecule has 0 fully saturated rings. The fourth-order valence-corrected chi connectivity index (χ4v) is 2.63. The molecular formula is C21H26F2N4O3. The Morgan fingerprint density at radius 2 is 1.87 bits per heavy atom. The van der Waals surface area contributed by atoms with E-state index in [-0.39, 0.29) is 18.2 Å². The zero-order valence-electron chi connectivity index (χ0n) is 17.2. The van der Waals surface area contributed by atoms with Crippen LogP contribution in [0.2, 0.25) is 0 Å². The quantitative estimate of drug-likeness (QED) is 0.429. The lowest BCUT2D eigenvalue weighted by Gasteiger charge is -2.15. The molecular weight excluding hydrogens is 394 g/mol. The van der Waals surface area contributed by atoms with Crippen LogP contribution >= 0.6 is 0 Å². The van der Waals surface area contributed by atoms with Crippen LogP contribution in [0, 0.1) is 0 Å². The first-order valence-corrected chi connectivity index (χ1v) is 9.41. The molecule has 0 aliphatic rings. The molecule has 2 rings (SSSR count). The van der Waals surface area contributed by atoms with Crippen LogP contribution in [0.5, 0.6) is 11.5 Å². The number of benzene rings is 2. The number of nitrogens with zero attached hydrogens (tertiary/aromatic N) is 1. The number of alkyl halides is 2. The summed E-state index contributed by atoms with van der Waals surface area (Å²) in [7, 11) is 3.08. The van der Waals surface area contributed by atoms with E-state index in [9.17, 15) is 13.6 Å². The largest absolute Gasteiger partial charge is 0.497 e. The second kappa shape index (κ2) is 11.6. The summed E-state index contributed by atoms with van der Waals surface area (Å²) in [5.41, 5.74) is 2.00. The van der Waals surface area contributed by atoms with Crippen molar-refractivity contribution >= 4 is 11.9 Å². The molecule has 0 unspecified atom stereocenters. The van der Waals surface area contributed by atoms with Crippen LogP contribution in [0.4, 0.5) is 8.78 Å². The van der Waals surface area contributed by atoms with E-state index in [2.05, 4.69) is 25.7 Å². The van der Waals surface area contributed by atoms with Gasteiger partial charge in [-0.2, -0.15) is 8.78 Å². The first kappa shape index (κ1) is 22.9. The molecule has 2 aromatic carbocycles. The predicted molar refractivity (Wildman–Crippen MR) is 111 cm³/mol. The third-order valence-corrected chi connectivity index (χ3v) is 4.14. The number of ether oxygens (including phenoxy) is 2. The fourth-order valence-electron chi connectivity index (χ4n) is 2.63. The Balaban J connectivity index is 2.09. The Hall–Kier alpha value is -3.36. The molecule has 2 aromatic rings. The molecule has 0 saturated heterocycles. The number of carbonyl (C=O) groups excluding carboxylic acids is 1. The van der Waals surface area contributed by atoms with Crippen molar-refractivity contribution in [2.24, 2.45) is 4.99 Å². The second-order valence-corrected chi connectivity index (χ2v) is 6.18. The molecule has 0 spiro atoms. The number of nitrogens with one attached hydrogen (secondary N) is 3. The molecule has 0 aliphatic heterocycles. The number of guanidine groups is 1. The summed E-state index contributed by atoms with van der Waals surface area (Å²) in [6.45, 7) is 0.214. The van der Waals surface area contributed by atoms with Gasteiger partial charge < -0.3 is 25.4 Å². The summed E-state index contributed by atoms with van der Waals surface area (Å²) in [5.74, 6) is 0.962. The molecule has 0 radical (unpaired) electrons. The minimum Gasteiger partial charge on any atom is -0.497 e. The molecule has 7 nitrogen and oxygen atoms in total. The highest BCUT2D eigenvalue weighted by Gasteiger charge is 2.12. The lowest BCUT2D eigenvalue weighted by Crippen LogP contribution is -2.36. The van der Waals surface area contributed by atoms with E-state index in [1.165, 1.54) is 13.2 Å². The summed E-state index contributed by atoms with van der Waals surface area (Å²) in [5, 5.41) is 8.78. The van der Waals surface area contributed by atoms with Crippen molar-refractivity contribution in [3.63, 3.8) is 0 Å². The molecule has 9 heteroatoms. The van der Waals surface area contributed by atoms with Crippen molar-refractivity contribution in [2.75, 3.05) is 20.7 Å². The standard InChI is InChI=1S/C21H26F2N4O3/c1-4-25-21(26-12-14-5-7-15(8-6-14)19(28)24-2)27-13-16-11-17(29-3)9-10-18(16)30-20(22)23/h5-11,20H,4,12-13H2,1-3H3,(H,24,28)(H2,25,26,27). The zero-order chi connectivity index (χ0) is 21.9. The number of carbonyl (C=O) groups is 1. The molecule has 0 aromatic heterocycles. The normalized spacial score (nSPS) is 11.2. The highest BCUT2D eigenvalue weighted by Crippen LogP contribution is 2.25. The van der Waals surface area contributed by atoms with Crippen molar-refractivity contribution in [3.05, 3.63) is 59.2 Å². The minimum absolute atomic E-state index is 0.0685. The van der Waals surface area contributed by atoms with Crippen molar-refractivity contribution in [2.45, 2.75) is 26.6 Å². The van der Waals surface area contributed by atoms with Gasteiger partial charge in [0.15, 0.2) is 5.96 Å². The van der Waals surface area contributed by atoms with E-state index >= 15 is 0 Å². The van der Waals surface area contributed by atoms with Gasteiger partial charge in [-0.05, 0) is 42.8 Å². The van der Waals surface area contributed by atoms with E-state index in [4.69, 9.17) is 4.74 Å². The first-order chi connectivity index (χ1) is 14.5. The molecule has 0 bridgehead atoms. The number of methoxy groups -OCH3 is 1. The van der Waals surface area contributed by atoms with E-state index in [1.807, 2.05) is 19.1 Å². The smallest absolute Gasteiger partial charge is 0.387 e. The molecule has 30 heavy (non-hydrogen) atoms. The molecule has 1 amide bonds. The van der Waals surface area contributed by atoms with Gasteiger partial charge in [0.05, 0.1) is 13.7 Å². The van der Waals surface area contributed by atoms with E-state index < -0.39 is 6.61 Å². The van der Waals surface area contributed by atoms with Crippen LogP contribution in [0.25, 0.3) is 0 Å². The number of hydrogen-bond acceptors (Lipinski definition) is 4. The number of aliphatic imine (C=N–C) groups is 1. The zero-order valence-corrected chi connectivity index (χ0v) is 17.2. The number of halogens is 2. The second-order valence-electron chi connectivity index (χ2n) is 6.18. The fraction of sp³-hybridized carbons (Fsp3) is 0.333. The molecule has 0 aliphatic carbocycles. The molecule has 0 heterocycles. The van der Waals surface area contributed by atoms with Gasteiger partial charge in [-0.15, -0.1) is 0 Å². The number of amides is 1. The molecule has 162 valence electrons. The minimum atomic E-state index is -2.92. The van der Waals surface area contributed by atoms with Gasteiger partial charge in [0.1, 0.15) is 11.5 Å². The van der Waals surface area contributed by atoms with Crippen LogP contribution < -0.4 is 25.4 Å². The van der Waals surface area contributed by atoms with Crippen LogP contribution in [0.15, 0.2) is 47.5 Å². The average Bonchev–Trinajstić information content (AvgIpc) is 2.75. The SMILES string of the molecule is CCNC(=NCc1ccc(C(=O)NC)cc1)NCc1cc(OC)ccc1OC(F)F. The van der Waals surface area contributed by atoms with Gasteiger partial charge >= 0.3 is 6.61 Å². The van der Waals surface area contributed by atoms with Crippen molar-refractivity contribution in [1.82, 2.24) is 16.0 Å². The van der Waals surface area contributed by atoms with Crippen molar-refractivity contribution in [3.8, 4) is 11.5 Å². The van der Waals surface area contributed by atoms with Gasteiger partial charge in [-0.3, -0.25) is 4.79 Å². The first-order valence-electron chi connectivity index (χ1n) is 9.41. The van der Waals surface area contributed by atoms with Crippen LogP contribution in [0.3, 0.4) is 0 Å². The molecule has 0 atom stereocenters. The summed E-state index contributed by atoms with van der Waals surface area (Å²) in [4.78, 5) is 16.1. The summed E-state index contributed by atoms with van der Waals surface area (Å²) >= 11 is 0. The average molecular weight is 420 g/mol. The Morgan fingerprint density at radius 3 is 2.47 bits per heavy atom. The maximum atomic E-state index is 12.7. The Kier molecular flexibility index (Phi) is 8.86. The monoisotopic (exact) mass is 420 g/mol. The van der Waals surface area contributed by atoms with Gasteiger partial charge in [-0.1, -0.05) is 12.1 Å². The van der Waals surface area contributed by atoms with Gasteiger partial charge in [0, 0.05) is 31.3 Å². The molecule has 3 N–H and O–H groups in total. The number of hydrogen-bond donors (Lipinski definition) is 3. The lowest BCUT2D eigenvalue weighted by atomic mass is 10.1. The third kappa shape index (κ3) is 6.91. The Labute approximate surface area is 174 Å². The van der Waals surface area contributed by atoms with E-state index in [0.717, 1.165) is 5.56 Å². The van der Waals surface area contributed by atoms with Crippen LogP contribution in [0.1, 0.15) is 28.4 Å². The summed E-state index contributed by atoms with van der Waals surface area (Å²) in [6, 6.07) is 11.7. The Bertz CT molecular complexity index is 858. The topological polar surface area (TPSA) is 84.0 Å². The van der Waals surface area contributed by atoms with Gasteiger partial charge in [0.2, 0.25) is 0 Å². The summed E-state index contributed by atoms with van der Waals surface area (Å²) < 4.78 is 35.1. The van der Waals surface area contributed by atoms with Crippen molar-refractivity contribution in [1.29, 1.82) is 0 Å². The maximum absolute atomic E-state index is 12.7. The molecule has 0 saturated carbocycles. The Morgan fingerprint density at radius 1 is 1.13 bits per heavy atom. The van der Waals surface area contributed by atoms with Gasteiger partial charge in [0.25, 0.3) is 5.91 Å². The lowest BCUT2D eigenvalue weighted by molar-refractivity contribution is -0.0505. The van der Waals surface area contributed by atoms with E-state index in [0.29, 0.717) is 35.9 Å². The van der Waals surface area contributed by atoms with Crippen LogP contribution in [-0.4, -0.2) is 39.2 Å². The highest BCUT2D eigenvalue weighted by molar-refractivity contribution is 5.93. The summed E-state index contributed by atoms with van der Waals surface area (Å²) in [6.07, 6.45) is 0. The van der Waals surface area contributed by atoms with Crippen molar-refractivity contribution < 1.29 is 23.0 Å². The number of rotatable bonds is 9. The maximum Gasteiger partial charge on any atom is 0.387 e. The van der Waals surface area contributed by atoms with Crippen LogP contribution in [-0.2, 0) is 13.1 Å². The third-order valence-electron chi connectivity index (χ3n) is 4.14. The van der Waals surface area contributed by atoms with Gasteiger partial charge in [-0.25, -0.2) is 4.99 Å². The predicted octanol–water partition coefficient (Wildman–Crippen LogP) is 2.91.